The van der Waals surface area contributed by atoms with Gasteiger partial charge < -0.3 is 0 Å². The summed E-state index contributed by atoms with van der Waals surface area (Å²) in [5.74, 6) is -0.692. The summed E-state index contributed by atoms with van der Waals surface area (Å²) in [5.41, 5.74) is 0.634. The van der Waals surface area contributed by atoms with Crippen LogP contribution in [-0.2, 0) is 0 Å². The molecule has 230 valence electrons. The number of hydrogen-bond acceptors (Lipinski definition) is 5. The third-order valence-electron chi connectivity index (χ3n) is 6.76. The minimum absolute atomic E-state index is 0.00999. The minimum atomic E-state index is -0.590. The van der Waals surface area contributed by atoms with Gasteiger partial charge in [-0.1, -0.05) is 88.7 Å². The molecule has 0 bridgehead atoms. The lowest BCUT2D eigenvalue weighted by atomic mass is 9.93. The summed E-state index contributed by atoms with van der Waals surface area (Å²) in [6, 6.07) is 19.0. The first-order valence-corrected chi connectivity index (χ1v) is 14.5. The van der Waals surface area contributed by atoms with Crippen LogP contribution in [0.5, 0.6) is 0 Å². The molecule has 7 nitrogen and oxygen atoms in total. The van der Waals surface area contributed by atoms with Gasteiger partial charge in [0.1, 0.15) is 17.5 Å². The van der Waals surface area contributed by atoms with Crippen LogP contribution >= 0.6 is 0 Å². The van der Waals surface area contributed by atoms with Gasteiger partial charge in [-0.15, -0.1) is 0 Å². The van der Waals surface area contributed by atoms with Gasteiger partial charge >= 0.3 is 0 Å². The summed E-state index contributed by atoms with van der Waals surface area (Å²) in [5, 5.41) is 0.483. The topological polar surface area (TPSA) is 86.8 Å². The number of carbonyl (C=O) groups excluding carboxylic acids is 1. The quantitative estimate of drug-likeness (QED) is 0.198. The normalized spacial score (nSPS) is 12.7. The van der Waals surface area contributed by atoms with Crippen molar-refractivity contribution < 1.29 is 13.6 Å². The Bertz CT molecular complexity index is 2040. The molecule has 3 aromatic carbocycles. The standard InChI is InChI=1S/C18H15FN2O2.C15H11FN2O.C3H8/c1-18(2)9-7-12-14(8-10-18)20-16(11-22)21(17(12)23)15-6-4-3-5-13(15)19;1-10-17-13-8-4-2-6-11(13)15(19)18(10)14-9-5-3-7-12(14)16;1-3-2/h3-11H,1-2H3;2-9H,1H3;3H2,1-2H3. The third-order valence-corrected chi connectivity index (χ3v) is 6.76. The molecule has 1 aliphatic rings. The highest BCUT2D eigenvalue weighted by molar-refractivity contribution is 5.78. The van der Waals surface area contributed by atoms with E-state index in [0.717, 1.165) is 4.57 Å². The van der Waals surface area contributed by atoms with Gasteiger partial charge in [0, 0.05) is 5.41 Å². The zero-order chi connectivity index (χ0) is 32.7. The second-order valence-corrected chi connectivity index (χ2v) is 10.9. The monoisotopic (exact) mass is 608 g/mol. The van der Waals surface area contributed by atoms with E-state index in [-0.39, 0.29) is 28.2 Å². The number of halogens is 2. The molecule has 5 aromatic rings. The Morgan fingerprint density at radius 2 is 1.29 bits per heavy atom. The summed E-state index contributed by atoms with van der Waals surface area (Å²) < 4.78 is 30.2. The number of fused-ring (bicyclic) bond motifs is 2. The van der Waals surface area contributed by atoms with E-state index in [0.29, 0.717) is 34.3 Å². The van der Waals surface area contributed by atoms with Gasteiger partial charge in [0.05, 0.1) is 33.5 Å². The predicted molar refractivity (Wildman–Crippen MR) is 175 cm³/mol. The molecule has 0 saturated heterocycles. The van der Waals surface area contributed by atoms with Crippen molar-refractivity contribution >= 4 is 29.3 Å². The molecule has 0 spiro atoms. The van der Waals surface area contributed by atoms with Crippen LogP contribution in [0.15, 0.2) is 94.5 Å². The summed E-state index contributed by atoms with van der Waals surface area (Å²) >= 11 is 0. The van der Waals surface area contributed by atoms with Crippen LogP contribution in [-0.4, -0.2) is 25.4 Å². The van der Waals surface area contributed by atoms with Crippen LogP contribution in [0.1, 0.15) is 61.8 Å². The van der Waals surface area contributed by atoms with Crippen molar-refractivity contribution in [3.05, 3.63) is 140 Å². The summed E-state index contributed by atoms with van der Waals surface area (Å²) in [4.78, 5) is 45.2. The first kappa shape index (κ1) is 32.6. The zero-order valence-electron chi connectivity index (χ0n) is 25.8. The van der Waals surface area contributed by atoms with E-state index in [9.17, 15) is 23.2 Å². The molecular formula is C36H34F2N4O3. The van der Waals surface area contributed by atoms with Gasteiger partial charge in [0.2, 0.25) is 0 Å². The maximum absolute atomic E-state index is 14.1. The first-order chi connectivity index (χ1) is 21.5. The van der Waals surface area contributed by atoms with Crippen molar-refractivity contribution in [2.75, 3.05) is 0 Å². The van der Waals surface area contributed by atoms with E-state index < -0.39 is 17.2 Å². The largest absolute Gasteiger partial charge is 0.294 e. The minimum Gasteiger partial charge on any atom is -0.294 e. The highest BCUT2D eigenvalue weighted by Gasteiger charge is 2.20. The molecule has 9 heteroatoms. The van der Waals surface area contributed by atoms with Crippen molar-refractivity contribution in [1.29, 1.82) is 0 Å². The SMILES string of the molecule is CC1(C)C=Cc2nc(C=O)n(-c3ccccc3F)c(=O)c2C=C1.CCC.Cc1nc2ccccc2c(=O)n1-c1ccccc1F. The first-order valence-electron chi connectivity index (χ1n) is 14.5. The Labute approximate surface area is 259 Å². The molecule has 6 rings (SSSR count). The smallest absolute Gasteiger partial charge is 0.266 e. The Balaban J connectivity index is 0.000000191. The van der Waals surface area contributed by atoms with Crippen LogP contribution in [0.25, 0.3) is 34.4 Å². The number of nitrogens with zero attached hydrogens (tertiary/aromatic N) is 4. The average Bonchev–Trinajstić information content (AvgIpc) is 3.17. The average molecular weight is 609 g/mol. The van der Waals surface area contributed by atoms with Crippen molar-refractivity contribution in [2.45, 2.75) is 41.0 Å². The fourth-order valence-electron chi connectivity index (χ4n) is 4.60. The lowest BCUT2D eigenvalue weighted by molar-refractivity contribution is 0.111. The van der Waals surface area contributed by atoms with Gasteiger partial charge in [-0.3, -0.25) is 23.5 Å². The number of aromatic nitrogens is 4. The summed E-state index contributed by atoms with van der Waals surface area (Å²) in [7, 11) is 0. The molecule has 1 aliphatic carbocycles. The fraction of sp³-hybridized carbons (Fsp3) is 0.194. The fourth-order valence-corrected chi connectivity index (χ4v) is 4.60. The Kier molecular flexibility index (Phi) is 10.1. The maximum atomic E-state index is 14.1. The van der Waals surface area contributed by atoms with Crippen molar-refractivity contribution in [3.8, 4) is 11.4 Å². The molecule has 0 radical (unpaired) electrons. The van der Waals surface area contributed by atoms with Crippen LogP contribution in [0, 0.1) is 24.0 Å². The number of carbonyl (C=O) groups is 1. The highest BCUT2D eigenvalue weighted by Crippen LogP contribution is 2.26. The van der Waals surface area contributed by atoms with Crippen molar-refractivity contribution in [3.63, 3.8) is 0 Å². The van der Waals surface area contributed by atoms with E-state index >= 15 is 0 Å². The Hall–Kier alpha value is -5.31. The van der Waals surface area contributed by atoms with E-state index in [1.165, 1.54) is 35.3 Å². The number of rotatable bonds is 3. The molecule has 0 N–H and O–H groups in total. The zero-order valence-corrected chi connectivity index (χ0v) is 25.8. The maximum Gasteiger partial charge on any atom is 0.266 e. The lowest BCUT2D eigenvalue weighted by Gasteiger charge is -2.12. The molecule has 0 unspecified atom stereocenters. The predicted octanol–water partition coefficient (Wildman–Crippen LogP) is 7.50. The summed E-state index contributed by atoms with van der Waals surface area (Å²) in [6.45, 7) is 9.92. The van der Waals surface area contributed by atoms with Crippen LogP contribution < -0.4 is 11.1 Å². The highest BCUT2D eigenvalue weighted by atomic mass is 19.1. The molecular weight excluding hydrogens is 574 g/mol. The van der Waals surface area contributed by atoms with Gasteiger partial charge in [0.15, 0.2) is 12.1 Å². The van der Waals surface area contributed by atoms with E-state index in [2.05, 4.69) is 23.8 Å². The third kappa shape index (κ3) is 7.09. The number of benzene rings is 3. The molecule has 2 aromatic heterocycles. The molecule has 0 fully saturated rings. The molecule has 0 saturated carbocycles. The molecule has 45 heavy (non-hydrogen) atoms. The summed E-state index contributed by atoms with van der Waals surface area (Å²) in [6.07, 6.45) is 8.89. The Morgan fingerprint density at radius 3 is 1.89 bits per heavy atom. The number of aryl methyl sites for hydroxylation is 1. The van der Waals surface area contributed by atoms with Gasteiger partial charge in [-0.2, -0.15) is 0 Å². The number of para-hydroxylation sites is 3. The number of aldehydes is 1. The molecule has 0 atom stereocenters. The van der Waals surface area contributed by atoms with E-state index in [1.807, 2.05) is 32.1 Å². The number of allylic oxidation sites excluding steroid dienone is 2. The lowest BCUT2D eigenvalue weighted by Crippen LogP contribution is -2.27. The van der Waals surface area contributed by atoms with Crippen LogP contribution in [0.3, 0.4) is 0 Å². The van der Waals surface area contributed by atoms with Gasteiger partial charge in [-0.05, 0) is 49.4 Å². The van der Waals surface area contributed by atoms with Gasteiger partial charge in [0.25, 0.3) is 11.1 Å². The van der Waals surface area contributed by atoms with E-state index in [4.69, 9.17) is 0 Å². The van der Waals surface area contributed by atoms with Crippen molar-refractivity contribution in [1.82, 2.24) is 19.1 Å². The van der Waals surface area contributed by atoms with Crippen molar-refractivity contribution in [2.24, 2.45) is 5.41 Å². The molecule has 0 aliphatic heterocycles. The number of hydrogen-bond donors (Lipinski definition) is 0. The van der Waals surface area contributed by atoms with Crippen LogP contribution in [0.4, 0.5) is 8.78 Å². The molecule has 0 amide bonds. The molecule has 2 heterocycles. The Morgan fingerprint density at radius 1 is 0.756 bits per heavy atom. The van der Waals surface area contributed by atoms with Crippen LogP contribution in [0.2, 0.25) is 0 Å². The van der Waals surface area contributed by atoms with Gasteiger partial charge in [-0.25, -0.2) is 18.7 Å². The van der Waals surface area contributed by atoms with E-state index in [1.54, 1.807) is 61.5 Å². The second kappa shape index (κ2) is 14.0. The second-order valence-electron chi connectivity index (χ2n) is 10.9.